The first-order valence-corrected chi connectivity index (χ1v) is 12.2. The van der Waals surface area contributed by atoms with Crippen LogP contribution in [0.2, 0.25) is 0 Å². The maximum atomic E-state index is 4.69. The summed E-state index contributed by atoms with van der Waals surface area (Å²) in [5.74, 6) is 1.93. The number of nitrogens with one attached hydrogen (secondary N) is 2. The number of halogens is 1. The monoisotopic (exact) mass is 569 g/mol. The molecule has 4 heterocycles. The van der Waals surface area contributed by atoms with Gasteiger partial charge in [-0.2, -0.15) is 0 Å². The molecule has 2 aromatic rings. The highest BCUT2D eigenvalue weighted by molar-refractivity contribution is 14.0. The van der Waals surface area contributed by atoms with Gasteiger partial charge in [0, 0.05) is 63.0 Å². The fourth-order valence-electron chi connectivity index (χ4n) is 4.41. The van der Waals surface area contributed by atoms with Gasteiger partial charge in [-0.3, -0.25) is 9.89 Å². The molecule has 1 atom stereocenters. The summed E-state index contributed by atoms with van der Waals surface area (Å²) in [5, 5.41) is 9.26. The second-order valence-electron chi connectivity index (χ2n) is 8.36. The molecular formula is C23H36IN7S. The van der Waals surface area contributed by atoms with Crippen LogP contribution in [0.3, 0.4) is 0 Å². The van der Waals surface area contributed by atoms with E-state index in [1.165, 1.54) is 36.4 Å². The van der Waals surface area contributed by atoms with E-state index < -0.39 is 0 Å². The van der Waals surface area contributed by atoms with Crippen LogP contribution in [0.5, 0.6) is 0 Å². The minimum atomic E-state index is 0. The van der Waals surface area contributed by atoms with E-state index in [0.29, 0.717) is 12.6 Å². The molecular weight excluding hydrogens is 533 g/mol. The number of nitrogens with zero attached hydrogens (tertiary/aromatic N) is 5. The Hall–Kier alpha value is -1.43. The first-order valence-electron chi connectivity index (χ1n) is 11.3. The molecule has 2 N–H and O–H groups in total. The Morgan fingerprint density at radius 1 is 1.09 bits per heavy atom. The molecule has 0 aromatic carbocycles. The molecule has 2 fully saturated rings. The first-order chi connectivity index (χ1) is 15.2. The number of likely N-dealkylation sites (tertiary alicyclic amines) is 1. The van der Waals surface area contributed by atoms with Gasteiger partial charge in [0.15, 0.2) is 5.96 Å². The molecule has 2 aromatic heterocycles. The number of piperazine rings is 1. The number of anilines is 1. The summed E-state index contributed by atoms with van der Waals surface area (Å²) in [6, 6.07) is 8.99. The predicted octanol–water partition coefficient (Wildman–Crippen LogP) is 3.02. The van der Waals surface area contributed by atoms with Crippen molar-refractivity contribution in [3.05, 3.63) is 46.3 Å². The summed E-state index contributed by atoms with van der Waals surface area (Å²) in [5.41, 5.74) is 1.21. The van der Waals surface area contributed by atoms with Gasteiger partial charge in [0.25, 0.3) is 0 Å². The third-order valence-electron chi connectivity index (χ3n) is 6.26. The fourth-order valence-corrected chi connectivity index (χ4v) is 5.27. The van der Waals surface area contributed by atoms with E-state index >= 15 is 0 Å². The molecule has 0 amide bonds. The van der Waals surface area contributed by atoms with Crippen molar-refractivity contribution in [1.82, 2.24) is 25.4 Å². The molecule has 0 aliphatic carbocycles. The largest absolute Gasteiger partial charge is 0.354 e. The van der Waals surface area contributed by atoms with Crippen LogP contribution < -0.4 is 15.5 Å². The average Bonchev–Trinajstić information content (AvgIpc) is 3.52. The van der Waals surface area contributed by atoms with Crippen molar-refractivity contribution in [2.45, 2.75) is 25.4 Å². The van der Waals surface area contributed by atoms with E-state index in [2.05, 4.69) is 61.0 Å². The van der Waals surface area contributed by atoms with Crippen molar-refractivity contribution in [1.29, 1.82) is 0 Å². The molecule has 1 unspecified atom stereocenters. The van der Waals surface area contributed by atoms with E-state index in [0.717, 1.165) is 44.5 Å². The van der Waals surface area contributed by atoms with E-state index in [4.69, 9.17) is 4.98 Å². The van der Waals surface area contributed by atoms with E-state index in [-0.39, 0.29) is 24.0 Å². The minimum Gasteiger partial charge on any atom is -0.354 e. The van der Waals surface area contributed by atoms with Crippen LogP contribution in [0, 0.1) is 0 Å². The maximum Gasteiger partial charge on any atom is 0.191 e. The van der Waals surface area contributed by atoms with Gasteiger partial charge in [0.05, 0.1) is 6.04 Å². The average molecular weight is 570 g/mol. The summed E-state index contributed by atoms with van der Waals surface area (Å²) in [4.78, 5) is 18.0. The number of hydrogen-bond acceptors (Lipinski definition) is 6. The van der Waals surface area contributed by atoms with Crippen molar-refractivity contribution < 1.29 is 0 Å². The number of guanidine groups is 1. The molecule has 2 saturated heterocycles. The number of hydrogen-bond donors (Lipinski definition) is 2. The van der Waals surface area contributed by atoms with Crippen LogP contribution in [0.4, 0.5) is 5.82 Å². The highest BCUT2D eigenvalue weighted by Crippen LogP contribution is 2.27. The van der Waals surface area contributed by atoms with Gasteiger partial charge in [-0.15, -0.1) is 35.3 Å². The lowest BCUT2D eigenvalue weighted by Gasteiger charge is -2.34. The summed E-state index contributed by atoms with van der Waals surface area (Å²) < 4.78 is 0. The number of aliphatic imine (C=N–C) groups is 1. The summed E-state index contributed by atoms with van der Waals surface area (Å²) in [7, 11) is 4.02. The maximum absolute atomic E-state index is 4.69. The standard InChI is InChI=1S/C23H35N7S.HI/c1-24-23(27-18-20(21-8-6-16-31-21)29-10-3-4-11-29)26-17-19-7-5-9-25-22(19)30-14-12-28(2)13-15-30;/h5-9,16,20H,3-4,10-15,17-18H2,1-2H3,(H2,24,26,27);1H. The Balaban J connectivity index is 0.00000289. The molecule has 0 saturated carbocycles. The molecule has 9 heteroatoms. The molecule has 2 aliphatic rings. The number of pyridine rings is 1. The lowest BCUT2D eigenvalue weighted by atomic mass is 10.2. The number of aromatic nitrogens is 1. The smallest absolute Gasteiger partial charge is 0.191 e. The zero-order valence-electron chi connectivity index (χ0n) is 19.2. The van der Waals surface area contributed by atoms with Gasteiger partial charge in [0.2, 0.25) is 0 Å². The molecule has 0 spiro atoms. The zero-order valence-corrected chi connectivity index (χ0v) is 22.3. The topological polar surface area (TPSA) is 59.0 Å². The van der Waals surface area contributed by atoms with Gasteiger partial charge >= 0.3 is 0 Å². The number of likely N-dealkylation sites (N-methyl/N-ethyl adjacent to an activating group) is 1. The van der Waals surface area contributed by atoms with Gasteiger partial charge < -0.3 is 20.4 Å². The van der Waals surface area contributed by atoms with Crippen molar-refractivity contribution in [2.24, 2.45) is 4.99 Å². The summed E-state index contributed by atoms with van der Waals surface area (Å²) in [6.45, 7) is 8.12. The molecule has 0 bridgehead atoms. The third kappa shape index (κ3) is 6.55. The van der Waals surface area contributed by atoms with Gasteiger partial charge in [-0.05, 0) is 50.5 Å². The Labute approximate surface area is 213 Å². The second kappa shape index (κ2) is 12.7. The molecule has 176 valence electrons. The number of thiophene rings is 1. The lowest BCUT2D eigenvalue weighted by Crippen LogP contribution is -2.45. The van der Waals surface area contributed by atoms with Crippen LogP contribution in [-0.2, 0) is 6.54 Å². The minimum absolute atomic E-state index is 0. The highest BCUT2D eigenvalue weighted by atomic mass is 127. The van der Waals surface area contributed by atoms with Crippen molar-refractivity contribution >= 4 is 47.1 Å². The quantitative estimate of drug-likeness (QED) is 0.304. The van der Waals surface area contributed by atoms with Gasteiger partial charge in [-0.25, -0.2) is 4.98 Å². The SMILES string of the molecule is CN=C(NCc1cccnc1N1CCN(C)CC1)NCC(c1cccs1)N1CCCC1.I. The van der Waals surface area contributed by atoms with Crippen LogP contribution in [0.1, 0.15) is 29.3 Å². The lowest BCUT2D eigenvalue weighted by molar-refractivity contribution is 0.249. The molecule has 7 nitrogen and oxygen atoms in total. The number of rotatable bonds is 7. The van der Waals surface area contributed by atoms with E-state index in [1.807, 2.05) is 30.6 Å². The zero-order chi connectivity index (χ0) is 21.5. The van der Waals surface area contributed by atoms with Crippen LogP contribution in [-0.4, -0.2) is 80.7 Å². The second-order valence-corrected chi connectivity index (χ2v) is 9.34. The Bertz CT molecular complexity index is 831. The summed E-state index contributed by atoms with van der Waals surface area (Å²) in [6.07, 6.45) is 4.49. The predicted molar refractivity (Wildman–Crippen MR) is 145 cm³/mol. The Morgan fingerprint density at radius 3 is 2.56 bits per heavy atom. The van der Waals surface area contributed by atoms with Crippen molar-refractivity contribution in [3.63, 3.8) is 0 Å². The van der Waals surface area contributed by atoms with Crippen molar-refractivity contribution in [2.75, 3.05) is 64.8 Å². The van der Waals surface area contributed by atoms with Crippen LogP contribution in [0.25, 0.3) is 0 Å². The summed E-state index contributed by atoms with van der Waals surface area (Å²) >= 11 is 1.85. The van der Waals surface area contributed by atoms with Gasteiger partial charge in [0.1, 0.15) is 5.82 Å². The fraction of sp³-hybridized carbons (Fsp3) is 0.565. The molecule has 32 heavy (non-hydrogen) atoms. The van der Waals surface area contributed by atoms with Crippen LogP contribution >= 0.6 is 35.3 Å². The van der Waals surface area contributed by atoms with Gasteiger partial charge in [-0.1, -0.05) is 12.1 Å². The van der Waals surface area contributed by atoms with E-state index in [9.17, 15) is 0 Å². The van der Waals surface area contributed by atoms with E-state index in [1.54, 1.807) is 0 Å². The Morgan fingerprint density at radius 2 is 1.88 bits per heavy atom. The molecule has 4 rings (SSSR count). The third-order valence-corrected chi connectivity index (χ3v) is 7.23. The highest BCUT2D eigenvalue weighted by Gasteiger charge is 2.24. The Kier molecular flexibility index (Phi) is 10.0. The van der Waals surface area contributed by atoms with Crippen LogP contribution in [0.15, 0.2) is 40.8 Å². The first kappa shape index (κ1) is 25.2. The molecule has 2 aliphatic heterocycles. The normalized spacial score (nSPS) is 18.9. The molecule has 0 radical (unpaired) electrons. The van der Waals surface area contributed by atoms with Crippen molar-refractivity contribution in [3.8, 4) is 0 Å².